The van der Waals surface area contributed by atoms with Crippen LogP contribution in [0.4, 0.5) is 5.69 Å². The highest BCUT2D eigenvalue weighted by molar-refractivity contribution is 7.43. The molecule has 21 heavy (non-hydrogen) atoms. The minimum atomic E-state index is -4.89. The number of hydrogen-bond donors (Lipinski definition) is 2. The van der Waals surface area contributed by atoms with E-state index in [1.807, 2.05) is 0 Å². The fourth-order valence-electron chi connectivity index (χ4n) is 1.12. The SMILES string of the molecule is C[N+](C)(C)CCOc1cccc([N+](=O)[O-])c1.O=P([O-])(O)O. The van der Waals surface area contributed by atoms with Crippen LogP contribution in [0.3, 0.4) is 0 Å². The van der Waals surface area contributed by atoms with E-state index in [0.717, 1.165) is 11.0 Å². The molecule has 2 N–H and O–H groups in total. The molecule has 0 aliphatic rings. The highest BCUT2D eigenvalue weighted by atomic mass is 31.2. The Labute approximate surface area is 122 Å². The maximum Gasteiger partial charge on any atom is 0.273 e. The van der Waals surface area contributed by atoms with Crippen LogP contribution in [0.5, 0.6) is 5.75 Å². The molecule has 0 heterocycles. The Morgan fingerprint density at radius 1 is 1.33 bits per heavy atom. The van der Waals surface area contributed by atoms with Crippen LogP contribution in [0.25, 0.3) is 0 Å². The van der Waals surface area contributed by atoms with Gasteiger partial charge in [0.1, 0.15) is 18.9 Å². The summed E-state index contributed by atoms with van der Waals surface area (Å²) >= 11 is 0. The summed E-state index contributed by atoms with van der Waals surface area (Å²) in [5, 5.41) is 10.5. The minimum absolute atomic E-state index is 0.0581. The zero-order valence-corrected chi connectivity index (χ0v) is 12.9. The molecule has 0 amide bonds. The molecule has 1 aromatic carbocycles. The zero-order chi connectivity index (χ0) is 16.7. The summed E-state index contributed by atoms with van der Waals surface area (Å²) in [7, 11) is 1.31. The molecule has 1 aromatic rings. The van der Waals surface area contributed by atoms with Crippen LogP contribution in [-0.2, 0) is 4.57 Å². The Morgan fingerprint density at radius 3 is 2.29 bits per heavy atom. The summed E-state index contributed by atoms with van der Waals surface area (Å²) in [5.74, 6) is 0.544. The Balaban J connectivity index is 0.000000690. The molecule has 0 aliphatic heterocycles. The summed E-state index contributed by atoms with van der Waals surface area (Å²) in [5.41, 5.74) is 0.0581. The second-order valence-electron chi connectivity index (χ2n) is 5.11. The van der Waals surface area contributed by atoms with Crippen LogP contribution in [0.15, 0.2) is 24.3 Å². The summed E-state index contributed by atoms with van der Waals surface area (Å²) < 4.78 is 15.0. The van der Waals surface area contributed by atoms with Crippen molar-refractivity contribution in [1.82, 2.24) is 0 Å². The lowest BCUT2D eigenvalue weighted by molar-refractivity contribution is -0.870. The number of hydrogen-bond acceptors (Lipinski definition) is 5. The lowest BCUT2D eigenvalue weighted by Crippen LogP contribution is -2.38. The van der Waals surface area contributed by atoms with Crippen molar-refractivity contribution in [2.24, 2.45) is 0 Å². The van der Waals surface area contributed by atoms with Crippen molar-refractivity contribution in [3.05, 3.63) is 34.4 Å². The first kappa shape index (κ1) is 19.5. The zero-order valence-electron chi connectivity index (χ0n) is 12.0. The molecule has 0 unspecified atom stereocenters. The number of ether oxygens (including phenoxy) is 1. The van der Waals surface area contributed by atoms with E-state index in [1.54, 1.807) is 12.1 Å². The topological polar surface area (TPSA) is 133 Å². The van der Waals surface area contributed by atoms with Crippen LogP contribution in [0.1, 0.15) is 0 Å². The van der Waals surface area contributed by atoms with E-state index in [4.69, 9.17) is 24.0 Å². The third kappa shape index (κ3) is 13.2. The van der Waals surface area contributed by atoms with Crippen molar-refractivity contribution in [2.45, 2.75) is 0 Å². The standard InChI is InChI=1S/C11H17N2O3.H3O4P/c1-13(2,3)7-8-16-11-6-4-5-10(9-11)12(14)15;1-5(2,3)4/h4-6,9H,7-8H2,1-3H3;(H3,1,2,3,4)/q+1;/p-1. The Hall–Kier alpha value is -1.51. The van der Waals surface area contributed by atoms with Crippen LogP contribution >= 0.6 is 7.82 Å². The van der Waals surface area contributed by atoms with Crippen molar-refractivity contribution in [2.75, 3.05) is 34.3 Å². The largest absolute Gasteiger partial charge is 0.756 e. The van der Waals surface area contributed by atoms with Crippen molar-refractivity contribution >= 4 is 13.5 Å². The lowest BCUT2D eigenvalue weighted by Gasteiger charge is -2.23. The molecule has 0 saturated heterocycles. The number of rotatable bonds is 5. The normalized spacial score (nSPS) is 11.3. The third-order valence-corrected chi connectivity index (χ3v) is 2.06. The van der Waals surface area contributed by atoms with E-state index in [9.17, 15) is 10.1 Å². The molecule has 120 valence electrons. The summed E-state index contributed by atoms with van der Waals surface area (Å²) in [4.78, 5) is 33.0. The predicted octanol–water partition coefficient (Wildman–Crippen LogP) is 0.119. The number of nitro benzene ring substituents is 1. The van der Waals surface area contributed by atoms with Crippen LogP contribution < -0.4 is 9.63 Å². The average Bonchev–Trinajstić information content (AvgIpc) is 2.25. The van der Waals surface area contributed by atoms with Gasteiger partial charge in [-0.2, -0.15) is 0 Å². The molecule has 10 heteroatoms. The maximum absolute atomic E-state index is 10.5. The number of likely N-dealkylation sites (N-methyl/N-ethyl adjacent to an activating group) is 1. The highest BCUT2D eigenvalue weighted by Crippen LogP contribution is 2.19. The predicted molar refractivity (Wildman–Crippen MR) is 73.5 cm³/mol. The van der Waals surface area contributed by atoms with Crippen LogP contribution in [-0.4, -0.2) is 53.5 Å². The van der Waals surface area contributed by atoms with E-state index >= 15 is 0 Å². The first-order chi connectivity index (χ1) is 9.38. The molecule has 0 bridgehead atoms. The van der Waals surface area contributed by atoms with Gasteiger partial charge in [-0.25, -0.2) is 0 Å². The minimum Gasteiger partial charge on any atom is -0.756 e. The maximum atomic E-state index is 10.5. The quantitative estimate of drug-likeness (QED) is 0.340. The lowest BCUT2D eigenvalue weighted by atomic mass is 10.3. The molecule has 1 rings (SSSR count). The van der Waals surface area contributed by atoms with Gasteiger partial charge in [0.15, 0.2) is 0 Å². The van der Waals surface area contributed by atoms with Crippen molar-refractivity contribution < 1.29 is 33.4 Å². The van der Waals surface area contributed by atoms with Gasteiger partial charge < -0.3 is 23.9 Å². The number of nitrogens with zero attached hydrogens (tertiary/aromatic N) is 2. The van der Waals surface area contributed by atoms with Crippen molar-refractivity contribution in [3.8, 4) is 5.75 Å². The molecular weight excluding hydrogens is 303 g/mol. The molecule has 0 saturated carbocycles. The van der Waals surface area contributed by atoms with E-state index in [0.29, 0.717) is 12.4 Å². The van der Waals surface area contributed by atoms with Crippen LogP contribution in [0.2, 0.25) is 0 Å². The number of quaternary nitrogens is 1. The Kier molecular flexibility index (Phi) is 7.48. The monoisotopic (exact) mass is 322 g/mol. The fourth-order valence-corrected chi connectivity index (χ4v) is 1.12. The van der Waals surface area contributed by atoms with Crippen molar-refractivity contribution in [1.29, 1.82) is 0 Å². The van der Waals surface area contributed by atoms with Gasteiger partial charge in [-0.3, -0.25) is 14.7 Å². The van der Waals surface area contributed by atoms with Crippen molar-refractivity contribution in [3.63, 3.8) is 0 Å². The third-order valence-electron chi connectivity index (χ3n) is 2.06. The molecule has 0 spiro atoms. The first-order valence-corrected chi connectivity index (χ1v) is 7.36. The molecular formula is C11H19N2O7P. The van der Waals surface area contributed by atoms with E-state index in [2.05, 4.69) is 21.1 Å². The second kappa shape index (κ2) is 8.06. The van der Waals surface area contributed by atoms with E-state index in [-0.39, 0.29) is 5.69 Å². The molecule has 0 fully saturated rings. The van der Waals surface area contributed by atoms with Gasteiger partial charge in [0.2, 0.25) is 0 Å². The van der Waals surface area contributed by atoms with Gasteiger partial charge in [-0.1, -0.05) is 6.07 Å². The number of benzene rings is 1. The Bertz CT molecular complexity index is 501. The van der Waals surface area contributed by atoms with Gasteiger partial charge in [0, 0.05) is 6.07 Å². The fraction of sp³-hybridized carbons (Fsp3) is 0.455. The second-order valence-corrected chi connectivity index (χ2v) is 6.09. The van der Waals surface area contributed by atoms with Gasteiger partial charge in [0.05, 0.1) is 32.1 Å². The molecule has 0 radical (unpaired) electrons. The Morgan fingerprint density at radius 2 is 1.86 bits per heavy atom. The average molecular weight is 322 g/mol. The molecule has 0 atom stereocenters. The number of phosphoric acid groups is 1. The number of non-ortho nitro benzene ring substituents is 1. The first-order valence-electron chi connectivity index (χ1n) is 5.83. The van der Waals surface area contributed by atoms with Gasteiger partial charge >= 0.3 is 0 Å². The van der Waals surface area contributed by atoms with Gasteiger partial charge in [0.25, 0.3) is 13.5 Å². The van der Waals surface area contributed by atoms with Gasteiger partial charge in [-0.05, 0) is 6.07 Å². The molecule has 0 aliphatic carbocycles. The number of nitro groups is 1. The highest BCUT2D eigenvalue weighted by Gasteiger charge is 2.09. The summed E-state index contributed by atoms with van der Waals surface area (Å²) in [6.45, 7) is 1.40. The van der Waals surface area contributed by atoms with E-state index < -0.39 is 12.7 Å². The smallest absolute Gasteiger partial charge is 0.273 e. The summed E-state index contributed by atoms with van der Waals surface area (Å²) in [6.07, 6.45) is 0. The molecule has 9 nitrogen and oxygen atoms in total. The van der Waals surface area contributed by atoms with E-state index in [1.165, 1.54) is 12.1 Å². The van der Waals surface area contributed by atoms with Gasteiger partial charge in [-0.15, -0.1) is 0 Å². The summed E-state index contributed by atoms with van der Waals surface area (Å²) in [6, 6.07) is 6.24. The molecule has 0 aromatic heterocycles. The van der Waals surface area contributed by atoms with Crippen LogP contribution in [0, 0.1) is 10.1 Å².